The second-order valence-electron chi connectivity index (χ2n) is 4.05. The standard InChI is InChI=1S/C11H20N2O3/c1-8(2)7-12-11(16)13(9(3)4)6-5-10(14)15/h9H,1,5-7H2,2-4H3,(H,12,16)(H,14,15). The molecule has 2 N–H and O–H groups in total. The molecule has 2 amide bonds. The van der Waals surface area contributed by atoms with Gasteiger partial charge >= 0.3 is 12.0 Å². The lowest BCUT2D eigenvalue weighted by Gasteiger charge is -2.26. The highest BCUT2D eigenvalue weighted by atomic mass is 16.4. The first kappa shape index (κ1) is 14.5. The van der Waals surface area contributed by atoms with Crippen molar-refractivity contribution < 1.29 is 14.7 Å². The highest BCUT2D eigenvalue weighted by Crippen LogP contribution is 2.01. The molecule has 0 bridgehead atoms. The molecule has 0 unspecified atom stereocenters. The van der Waals surface area contributed by atoms with Gasteiger partial charge in [-0.3, -0.25) is 4.79 Å². The fourth-order valence-corrected chi connectivity index (χ4v) is 1.14. The van der Waals surface area contributed by atoms with E-state index < -0.39 is 5.97 Å². The van der Waals surface area contributed by atoms with E-state index in [0.29, 0.717) is 6.54 Å². The number of rotatable bonds is 6. The first-order valence-electron chi connectivity index (χ1n) is 5.25. The molecule has 16 heavy (non-hydrogen) atoms. The summed E-state index contributed by atoms with van der Waals surface area (Å²) in [6.45, 7) is 9.82. The monoisotopic (exact) mass is 228 g/mol. The lowest BCUT2D eigenvalue weighted by molar-refractivity contribution is -0.137. The molecule has 0 saturated heterocycles. The van der Waals surface area contributed by atoms with Crippen molar-refractivity contribution in [3.05, 3.63) is 12.2 Å². The molecule has 0 aromatic carbocycles. The van der Waals surface area contributed by atoms with E-state index in [1.165, 1.54) is 4.90 Å². The molecule has 92 valence electrons. The number of amides is 2. The molecule has 5 heteroatoms. The number of carboxylic acids is 1. The first-order chi connectivity index (χ1) is 7.34. The summed E-state index contributed by atoms with van der Waals surface area (Å²) < 4.78 is 0. The maximum atomic E-state index is 11.7. The molecule has 0 aromatic heterocycles. The number of carbonyl (C=O) groups is 2. The van der Waals surface area contributed by atoms with Crippen molar-refractivity contribution in [3.8, 4) is 0 Å². The van der Waals surface area contributed by atoms with Gasteiger partial charge in [0.05, 0.1) is 6.42 Å². The Morgan fingerprint density at radius 2 is 2.00 bits per heavy atom. The van der Waals surface area contributed by atoms with Gasteiger partial charge < -0.3 is 15.3 Å². The van der Waals surface area contributed by atoms with Gasteiger partial charge in [-0.15, -0.1) is 0 Å². The van der Waals surface area contributed by atoms with Crippen LogP contribution in [0.3, 0.4) is 0 Å². The number of aliphatic carboxylic acids is 1. The molecule has 0 fully saturated rings. The zero-order valence-corrected chi connectivity index (χ0v) is 10.1. The van der Waals surface area contributed by atoms with Crippen LogP contribution >= 0.6 is 0 Å². The third kappa shape index (κ3) is 6.06. The zero-order valence-electron chi connectivity index (χ0n) is 10.1. The number of nitrogens with zero attached hydrogens (tertiary/aromatic N) is 1. The summed E-state index contributed by atoms with van der Waals surface area (Å²) in [7, 11) is 0. The molecule has 0 aromatic rings. The molecule has 0 aliphatic carbocycles. The van der Waals surface area contributed by atoms with Gasteiger partial charge in [0.25, 0.3) is 0 Å². The van der Waals surface area contributed by atoms with E-state index in [1.54, 1.807) is 0 Å². The summed E-state index contributed by atoms with van der Waals surface area (Å²) in [6.07, 6.45) is -0.0430. The van der Waals surface area contributed by atoms with Crippen LogP contribution in [-0.2, 0) is 4.79 Å². The molecule has 0 rings (SSSR count). The minimum Gasteiger partial charge on any atom is -0.481 e. The van der Waals surface area contributed by atoms with Gasteiger partial charge in [-0.1, -0.05) is 12.2 Å². The third-order valence-corrected chi connectivity index (χ3v) is 1.99. The molecule has 0 aliphatic heterocycles. The van der Waals surface area contributed by atoms with Crippen molar-refractivity contribution in [2.24, 2.45) is 0 Å². The fraction of sp³-hybridized carbons (Fsp3) is 0.636. The number of urea groups is 1. The van der Waals surface area contributed by atoms with Crippen LogP contribution in [0.15, 0.2) is 12.2 Å². The summed E-state index contributed by atoms with van der Waals surface area (Å²) in [5.74, 6) is -0.904. The summed E-state index contributed by atoms with van der Waals surface area (Å²) >= 11 is 0. The molecule has 0 spiro atoms. The van der Waals surface area contributed by atoms with E-state index >= 15 is 0 Å². The van der Waals surface area contributed by atoms with E-state index in [-0.39, 0.29) is 25.0 Å². The van der Waals surface area contributed by atoms with Crippen molar-refractivity contribution in [1.29, 1.82) is 0 Å². The zero-order chi connectivity index (χ0) is 12.7. The van der Waals surface area contributed by atoms with Crippen molar-refractivity contribution in [1.82, 2.24) is 10.2 Å². The van der Waals surface area contributed by atoms with Crippen LogP contribution < -0.4 is 5.32 Å². The van der Waals surface area contributed by atoms with Gasteiger partial charge in [0.1, 0.15) is 0 Å². The minimum atomic E-state index is -0.904. The van der Waals surface area contributed by atoms with Crippen LogP contribution in [0.2, 0.25) is 0 Å². The number of hydrogen-bond donors (Lipinski definition) is 2. The van der Waals surface area contributed by atoms with Crippen molar-refractivity contribution in [2.75, 3.05) is 13.1 Å². The molecular weight excluding hydrogens is 208 g/mol. The van der Waals surface area contributed by atoms with Gasteiger partial charge in [-0.25, -0.2) is 4.79 Å². The lowest BCUT2D eigenvalue weighted by Crippen LogP contribution is -2.45. The van der Waals surface area contributed by atoms with Crippen LogP contribution in [-0.4, -0.2) is 41.1 Å². The SMILES string of the molecule is C=C(C)CNC(=O)N(CCC(=O)O)C(C)C. The first-order valence-corrected chi connectivity index (χ1v) is 5.25. The van der Waals surface area contributed by atoms with E-state index in [1.807, 2.05) is 20.8 Å². The molecule has 0 radical (unpaired) electrons. The molecular formula is C11H20N2O3. The molecule has 5 nitrogen and oxygen atoms in total. The summed E-state index contributed by atoms with van der Waals surface area (Å²) in [5, 5.41) is 11.3. The Hall–Kier alpha value is -1.52. The Labute approximate surface area is 96.1 Å². The average Bonchev–Trinajstić information content (AvgIpc) is 2.13. The van der Waals surface area contributed by atoms with E-state index in [4.69, 9.17) is 5.11 Å². The summed E-state index contributed by atoms with van der Waals surface area (Å²) in [4.78, 5) is 23.6. The van der Waals surface area contributed by atoms with Crippen molar-refractivity contribution >= 4 is 12.0 Å². The van der Waals surface area contributed by atoms with Gasteiger partial charge in [0.2, 0.25) is 0 Å². The maximum Gasteiger partial charge on any atom is 0.317 e. The van der Waals surface area contributed by atoms with Crippen molar-refractivity contribution in [3.63, 3.8) is 0 Å². The quantitative estimate of drug-likeness (QED) is 0.676. The number of hydrogen-bond acceptors (Lipinski definition) is 2. The largest absolute Gasteiger partial charge is 0.481 e. The van der Waals surface area contributed by atoms with Gasteiger partial charge in [-0.2, -0.15) is 0 Å². The maximum absolute atomic E-state index is 11.7. The van der Waals surface area contributed by atoms with Crippen LogP contribution in [0.4, 0.5) is 4.79 Å². The number of carboxylic acid groups (broad SMARTS) is 1. The Morgan fingerprint density at radius 3 is 2.38 bits per heavy atom. The predicted molar refractivity (Wildman–Crippen MR) is 62.3 cm³/mol. The Bertz CT molecular complexity index is 274. The van der Waals surface area contributed by atoms with Gasteiger partial charge in [-0.05, 0) is 20.8 Å². The summed E-state index contributed by atoms with van der Waals surface area (Å²) in [5.41, 5.74) is 0.857. The molecule has 0 atom stereocenters. The summed E-state index contributed by atoms with van der Waals surface area (Å²) in [6, 6.07) is -0.274. The average molecular weight is 228 g/mol. The molecule has 0 aliphatic rings. The topological polar surface area (TPSA) is 69.6 Å². The highest BCUT2D eigenvalue weighted by Gasteiger charge is 2.17. The van der Waals surface area contributed by atoms with Gasteiger partial charge in [0.15, 0.2) is 0 Å². The van der Waals surface area contributed by atoms with Crippen LogP contribution in [0, 0.1) is 0 Å². The Kier molecular flexibility index (Phi) is 6.22. The number of nitrogens with one attached hydrogen (secondary N) is 1. The molecule has 0 saturated carbocycles. The minimum absolute atomic E-state index is 0.0236. The van der Waals surface area contributed by atoms with E-state index in [9.17, 15) is 9.59 Å². The second kappa shape index (κ2) is 6.87. The fourth-order valence-electron chi connectivity index (χ4n) is 1.14. The van der Waals surface area contributed by atoms with Crippen LogP contribution in [0.5, 0.6) is 0 Å². The van der Waals surface area contributed by atoms with Crippen LogP contribution in [0.25, 0.3) is 0 Å². The van der Waals surface area contributed by atoms with Crippen molar-refractivity contribution in [2.45, 2.75) is 33.2 Å². The van der Waals surface area contributed by atoms with E-state index in [2.05, 4.69) is 11.9 Å². The second-order valence-corrected chi connectivity index (χ2v) is 4.05. The van der Waals surface area contributed by atoms with Crippen LogP contribution in [0.1, 0.15) is 27.2 Å². The third-order valence-electron chi connectivity index (χ3n) is 1.99. The smallest absolute Gasteiger partial charge is 0.317 e. The Balaban J connectivity index is 4.24. The lowest BCUT2D eigenvalue weighted by atomic mass is 10.3. The number of carbonyl (C=O) groups excluding carboxylic acids is 1. The van der Waals surface area contributed by atoms with E-state index in [0.717, 1.165) is 5.57 Å². The Morgan fingerprint density at radius 1 is 1.44 bits per heavy atom. The highest BCUT2D eigenvalue weighted by molar-refractivity contribution is 5.75. The molecule has 0 heterocycles. The van der Waals surface area contributed by atoms with Gasteiger partial charge in [0, 0.05) is 19.1 Å². The normalized spacial score (nSPS) is 10.0. The predicted octanol–water partition coefficient (Wildman–Crippen LogP) is 1.46.